The van der Waals surface area contributed by atoms with Gasteiger partial charge in [0.15, 0.2) is 0 Å². The molecule has 0 aromatic heterocycles. The Kier molecular flexibility index (Phi) is 9.42. The van der Waals surface area contributed by atoms with Gasteiger partial charge >= 0.3 is 12.2 Å². The molecule has 2 saturated heterocycles. The highest BCUT2D eigenvalue weighted by Crippen LogP contribution is 2.13. The van der Waals surface area contributed by atoms with Crippen LogP contribution in [0.1, 0.15) is 69.2 Å². The number of carbonyl (C=O) groups is 2. The highest BCUT2D eigenvalue weighted by molar-refractivity contribution is 5.68. The molecule has 8 heteroatoms. The summed E-state index contributed by atoms with van der Waals surface area (Å²) >= 11 is 0. The van der Waals surface area contributed by atoms with Crippen LogP contribution < -0.4 is 10.6 Å². The van der Waals surface area contributed by atoms with Gasteiger partial charge in [0.25, 0.3) is 0 Å². The molecule has 2 aliphatic heterocycles. The lowest BCUT2D eigenvalue weighted by atomic mass is 10.1. The zero-order valence-electron chi connectivity index (χ0n) is 20.7. The van der Waals surface area contributed by atoms with Crippen LogP contribution >= 0.6 is 0 Å². The first-order valence-electron chi connectivity index (χ1n) is 11.0. The number of rotatable bonds is 0. The Morgan fingerprint density at radius 3 is 1.07 bits per heavy atom. The zero-order valence-corrected chi connectivity index (χ0v) is 20.7. The first-order valence-corrected chi connectivity index (χ1v) is 11.0. The van der Waals surface area contributed by atoms with Gasteiger partial charge in [-0.25, -0.2) is 9.59 Å². The van der Waals surface area contributed by atoms with E-state index < -0.39 is 11.2 Å². The molecule has 8 nitrogen and oxygen atoms in total. The molecule has 0 bridgehead atoms. The fourth-order valence-electron chi connectivity index (χ4n) is 3.60. The largest absolute Gasteiger partial charge is 0.444 e. The predicted octanol–water partition coefficient (Wildman–Crippen LogP) is 3.21. The third-order valence-electron chi connectivity index (χ3n) is 4.42. The van der Waals surface area contributed by atoms with E-state index in [-0.39, 0.29) is 12.2 Å². The van der Waals surface area contributed by atoms with Crippen molar-refractivity contribution in [1.29, 1.82) is 0 Å². The van der Waals surface area contributed by atoms with Crippen molar-refractivity contribution in [2.75, 3.05) is 26.2 Å². The fourth-order valence-corrected chi connectivity index (χ4v) is 3.60. The smallest absolute Gasteiger partial charge is 0.410 e. The first kappa shape index (κ1) is 26.5. The molecule has 4 atom stereocenters. The van der Waals surface area contributed by atoms with Gasteiger partial charge in [0, 0.05) is 50.3 Å². The summed E-state index contributed by atoms with van der Waals surface area (Å²) in [6.07, 6.45) is -0.412. The monoisotopic (exact) mass is 428 g/mol. The summed E-state index contributed by atoms with van der Waals surface area (Å²) in [5.41, 5.74) is -0.817. The van der Waals surface area contributed by atoms with Crippen LogP contribution in [0.3, 0.4) is 0 Å². The van der Waals surface area contributed by atoms with E-state index in [9.17, 15) is 9.59 Å². The van der Waals surface area contributed by atoms with Gasteiger partial charge in [-0.1, -0.05) is 0 Å². The molecule has 0 aromatic rings. The molecule has 0 radical (unpaired) electrons. The molecule has 0 spiro atoms. The number of nitrogens with zero attached hydrogens (tertiary/aromatic N) is 2. The predicted molar refractivity (Wildman–Crippen MR) is 120 cm³/mol. The molecule has 2 aliphatic rings. The van der Waals surface area contributed by atoms with Crippen LogP contribution in [0.15, 0.2) is 0 Å². The van der Waals surface area contributed by atoms with E-state index in [0.717, 1.165) is 26.2 Å². The lowest BCUT2D eigenvalue weighted by molar-refractivity contribution is 0.0159. The van der Waals surface area contributed by atoms with Crippen molar-refractivity contribution in [2.24, 2.45) is 0 Å². The van der Waals surface area contributed by atoms with Gasteiger partial charge in [0.05, 0.1) is 0 Å². The van der Waals surface area contributed by atoms with Crippen LogP contribution in [0, 0.1) is 0 Å². The average Bonchev–Trinajstić information content (AvgIpc) is 2.50. The molecule has 2 fully saturated rings. The summed E-state index contributed by atoms with van der Waals surface area (Å²) in [5, 5.41) is 6.75. The van der Waals surface area contributed by atoms with Crippen molar-refractivity contribution in [2.45, 2.75) is 105 Å². The number of ether oxygens (including phenoxy) is 2. The SMILES string of the molecule is C[C@@H]1CN(C(=O)OC(C)(C)C)C[C@@H](C)N1.C[C@H]1CN(C(=O)OC(C)(C)C)C[C@H](C)N1. The van der Waals surface area contributed by atoms with Gasteiger partial charge in [-0.3, -0.25) is 0 Å². The summed E-state index contributed by atoms with van der Waals surface area (Å²) in [5.74, 6) is 0. The lowest BCUT2D eigenvalue weighted by Gasteiger charge is -2.36. The second-order valence-electron chi connectivity index (χ2n) is 10.7. The van der Waals surface area contributed by atoms with Gasteiger partial charge in [0.1, 0.15) is 11.2 Å². The van der Waals surface area contributed by atoms with Gasteiger partial charge < -0.3 is 29.9 Å². The molecule has 2 heterocycles. The number of carbonyl (C=O) groups excluding carboxylic acids is 2. The summed E-state index contributed by atoms with van der Waals surface area (Å²) < 4.78 is 10.7. The minimum Gasteiger partial charge on any atom is -0.444 e. The molecule has 176 valence electrons. The number of amides is 2. The minimum absolute atomic E-state index is 0.206. The second-order valence-corrected chi connectivity index (χ2v) is 10.7. The highest BCUT2D eigenvalue weighted by atomic mass is 16.6. The fraction of sp³-hybridized carbons (Fsp3) is 0.909. The minimum atomic E-state index is -0.408. The Balaban J connectivity index is 0.000000300. The van der Waals surface area contributed by atoms with E-state index >= 15 is 0 Å². The van der Waals surface area contributed by atoms with Crippen LogP contribution in [0.2, 0.25) is 0 Å². The summed E-state index contributed by atoms with van der Waals surface area (Å²) in [4.78, 5) is 27.1. The molecule has 0 saturated carbocycles. The summed E-state index contributed by atoms with van der Waals surface area (Å²) in [7, 11) is 0. The van der Waals surface area contributed by atoms with Crippen LogP contribution in [0.25, 0.3) is 0 Å². The Bertz CT molecular complexity index is 500. The van der Waals surface area contributed by atoms with Crippen molar-refractivity contribution >= 4 is 12.2 Å². The maximum atomic E-state index is 11.8. The molecule has 0 aliphatic carbocycles. The highest BCUT2D eigenvalue weighted by Gasteiger charge is 2.29. The van der Waals surface area contributed by atoms with Gasteiger partial charge in [-0.2, -0.15) is 0 Å². The lowest BCUT2D eigenvalue weighted by Crippen LogP contribution is -2.56. The van der Waals surface area contributed by atoms with E-state index in [1.165, 1.54) is 0 Å². The van der Waals surface area contributed by atoms with Gasteiger partial charge in [-0.15, -0.1) is 0 Å². The quantitative estimate of drug-likeness (QED) is 0.616. The standard InChI is InChI=1S/2C11H22N2O2/c2*1-8-6-13(7-9(2)12-8)10(14)15-11(3,4)5/h2*8-9,12H,6-7H2,1-5H3/t2*8-,9-/m10/s1. The second kappa shape index (κ2) is 10.7. The first-order chi connectivity index (χ1) is 13.6. The van der Waals surface area contributed by atoms with E-state index in [4.69, 9.17) is 9.47 Å². The summed E-state index contributed by atoms with van der Waals surface area (Å²) in [6.45, 7) is 22.5. The molecular formula is C22H44N4O4. The molecule has 0 aromatic carbocycles. The van der Waals surface area contributed by atoms with Crippen LogP contribution in [-0.4, -0.2) is 83.5 Å². The molecule has 2 amide bonds. The van der Waals surface area contributed by atoms with E-state index in [0.29, 0.717) is 24.2 Å². The van der Waals surface area contributed by atoms with Crippen LogP contribution in [0.5, 0.6) is 0 Å². The topological polar surface area (TPSA) is 83.1 Å². The van der Waals surface area contributed by atoms with Crippen LogP contribution in [0.4, 0.5) is 9.59 Å². The molecular weight excluding hydrogens is 384 g/mol. The number of piperazine rings is 2. The molecule has 30 heavy (non-hydrogen) atoms. The maximum Gasteiger partial charge on any atom is 0.410 e. The molecule has 0 unspecified atom stereocenters. The maximum absolute atomic E-state index is 11.8. The summed E-state index contributed by atoms with van der Waals surface area (Å²) in [6, 6.07) is 1.34. The normalized spacial score (nSPS) is 27.7. The van der Waals surface area contributed by atoms with Crippen LogP contribution in [-0.2, 0) is 9.47 Å². The Morgan fingerprint density at radius 1 is 0.633 bits per heavy atom. The van der Waals surface area contributed by atoms with Crippen molar-refractivity contribution in [3.63, 3.8) is 0 Å². The van der Waals surface area contributed by atoms with Crippen molar-refractivity contribution in [1.82, 2.24) is 20.4 Å². The third kappa shape index (κ3) is 10.5. The third-order valence-corrected chi connectivity index (χ3v) is 4.42. The number of hydrogen-bond acceptors (Lipinski definition) is 6. The van der Waals surface area contributed by atoms with Gasteiger partial charge in [-0.05, 0) is 69.2 Å². The van der Waals surface area contributed by atoms with E-state index in [1.807, 2.05) is 41.5 Å². The van der Waals surface area contributed by atoms with Crippen molar-refractivity contribution < 1.29 is 19.1 Å². The molecule has 2 rings (SSSR count). The molecule has 2 N–H and O–H groups in total. The average molecular weight is 429 g/mol. The Labute approximate surface area is 183 Å². The number of hydrogen-bond donors (Lipinski definition) is 2. The van der Waals surface area contributed by atoms with Crippen molar-refractivity contribution in [3.8, 4) is 0 Å². The van der Waals surface area contributed by atoms with Gasteiger partial charge in [0.2, 0.25) is 0 Å². The van der Waals surface area contributed by atoms with Crippen molar-refractivity contribution in [3.05, 3.63) is 0 Å². The Morgan fingerprint density at radius 2 is 0.867 bits per heavy atom. The number of nitrogens with one attached hydrogen (secondary N) is 2. The Hall–Kier alpha value is -1.54. The van der Waals surface area contributed by atoms with E-state index in [2.05, 4.69) is 38.3 Å². The van der Waals surface area contributed by atoms with E-state index in [1.54, 1.807) is 9.80 Å². The zero-order chi connectivity index (χ0) is 23.3.